The van der Waals surface area contributed by atoms with E-state index in [-0.39, 0.29) is 0 Å². The fraction of sp³-hybridized carbons (Fsp3) is 1.00. The van der Waals surface area contributed by atoms with E-state index in [1.165, 1.54) is 0 Å². The van der Waals surface area contributed by atoms with Gasteiger partial charge in [-0.1, -0.05) is 3.89 Å². The van der Waals surface area contributed by atoms with Gasteiger partial charge < -0.3 is 0 Å². The molecular weight excluding hydrogens is 402 g/mol. The summed E-state index contributed by atoms with van der Waals surface area (Å²) < 4.78 is 191. The van der Waals surface area contributed by atoms with Gasteiger partial charge in [-0.3, -0.25) is 0 Å². The van der Waals surface area contributed by atoms with E-state index >= 15 is 0 Å². The predicted octanol–water partition coefficient (Wildman–Crippen LogP) is 3.98. The molecule has 0 N–H and O–H groups in total. The van der Waals surface area contributed by atoms with Crippen molar-refractivity contribution >= 4 is 10.2 Å². The van der Waals surface area contributed by atoms with E-state index in [1.807, 2.05) is 0 Å². The third-order valence-electron chi connectivity index (χ3n) is 2.21. The van der Waals surface area contributed by atoms with Gasteiger partial charge >= 0.3 is 45.3 Å². The van der Waals surface area contributed by atoms with Gasteiger partial charge in [-0.25, -0.2) is 0 Å². The smallest absolute Gasteiger partial charge is 0.192 e. The Morgan fingerprint density at radius 1 is 0.478 bits per heavy atom. The molecule has 0 fully saturated rings. The van der Waals surface area contributed by atoms with E-state index < -0.39 is 45.3 Å². The van der Waals surface area contributed by atoms with Crippen molar-refractivity contribution in [1.29, 1.82) is 0 Å². The molecule has 0 rings (SSSR count). The average molecular weight is 402 g/mol. The number of rotatable bonds is 5. The lowest BCUT2D eigenvalue weighted by Gasteiger charge is -2.38. The van der Waals surface area contributed by atoms with E-state index in [9.17, 15) is 69.4 Å². The Morgan fingerprint density at radius 2 is 0.739 bits per heavy atom. The van der Waals surface area contributed by atoms with Crippen molar-refractivity contribution in [1.82, 2.24) is 0 Å². The van der Waals surface area contributed by atoms with E-state index in [0.717, 1.165) is 0 Å². The molecule has 0 aromatic rings. The largest absolute Gasteiger partial charge is 0.460 e. The van der Waals surface area contributed by atoms with Crippen LogP contribution in [0.5, 0.6) is 0 Å². The van der Waals surface area contributed by atoms with Crippen LogP contribution in [0.25, 0.3) is 0 Å². The normalized spacial score (nSPS) is 16.6. The lowest BCUT2D eigenvalue weighted by molar-refractivity contribution is -0.433. The van der Waals surface area contributed by atoms with E-state index in [0.29, 0.717) is 0 Å². The first-order chi connectivity index (χ1) is 9.50. The molecule has 0 aliphatic carbocycles. The molecule has 0 aliphatic rings. The molecule has 0 radical (unpaired) electrons. The second kappa shape index (κ2) is 4.98. The van der Waals surface area contributed by atoms with Crippen molar-refractivity contribution in [2.24, 2.45) is 0 Å². The summed E-state index contributed by atoms with van der Waals surface area (Å²) in [4.78, 5) is 0. The Morgan fingerprint density at radius 3 is 0.957 bits per heavy atom. The second-order valence-corrected chi connectivity index (χ2v) is 5.14. The summed E-state index contributed by atoms with van der Waals surface area (Å²) in [5, 5.41) is -7.74. The van der Waals surface area contributed by atoms with Crippen LogP contribution in [0.3, 0.4) is 0 Å². The molecule has 0 aromatic carbocycles. The van der Waals surface area contributed by atoms with Crippen molar-refractivity contribution in [3.8, 4) is 0 Å². The topological polar surface area (TPSA) is 34.1 Å². The summed E-state index contributed by atoms with van der Waals surface area (Å²) in [6, 6.07) is 0. The summed E-state index contributed by atoms with van der Waals surface area (Å²) >= 11 is 0. The van der Waals surface area contributed by atoms with E-state index in [2.05, 4.69) is 0 Å². The van der Waals surface area contributed by atoms with Crippen LogP contribution in [0.1, 0.15) is 0 Å². The van der Waals surface area contributed by atoms with Crippen molar-refractivity contribution in [2.45, 2.75) is 35.1 Å². The molecular formula is C6F14O2S. The molecule has 2 nitrogen and oxygen atoms in total. The minimum absolute atomic E-state index is 7.63. The maximum absolute atomic E-state index is 12.6. The highest BCUT2D eigenvalue weighted by Gasteiger charge is 2.92. The number of hydrogen-bond donors (Lipinski definition) is 0. The highest BCUT2D eigenvalue weighted by molar-refractivity contribution is 7.87. The van der Waals surface area contributed by atoms with Crippen LogP contribution in [0.4, 0.5) is 61.0 Å². The highest BCUT2D eigenvalue weighted by atomic mass is 32.3. The summed E-state index contributed by atoms with van der Waals surface area (Å²) in [5.41, 5.74) is 0. The minimum atomic E-state index is -8.33. The van der Waals surface area contributed by atoms with Crippen molar-refractivity contribution in [3.05, 3.63) is 0 Å². The SMILES string of the molecule is O=S(=O)(F)C(F)(F)C(F)(F)C(F)(F)C(F)(F)C(F)(F)C(F)(F)F. The molecule has 140 valence electrons. The van der Waals surface area contributed by atoms with Crippen molar-refractivity contribution < 1.29 is 69.4 Å². The standard InChI is InChI=1S/C6F14O2S/c7-1(8,3(11,12)5(15,16)17)2(9,10)4(13,14)6(18,19)23(20,21)22. The van der Waals surface area contributed by atoms with Crippen LogP contribution in [0.2, 0.25) is 0 Å². The van der Waals surface area contributed by atoms with Gasteiger partial charge in [0.05, 0.1) is 0 Å². The third kappa shape index (κ3) is 2.69. The Balaban J connectivity index is 6.48. The summed E-state index contributed by atoms with van der Waals surface area (Å²) in [5.74, 6) is -32.8. The molecule has 0 aromatic heterocycles. The molecule has 0 saturated heterocycles. The van der Waals surface area contributed by atoms with Crippen molar-refractivity contribution in [3.63, 3.8) is 0 Å². The van der Waals surface area contributed by atoms with E-state index in [1.54, 1.807) is 0 Å². The Labute approximate surface area is 116 Å². The number of alkyl halides is 13. The number of halogens is 14. The summed E-state index contributed by atoms with van der Waals surface area (Å²) in [6.45, 7) is 0. The van der Waals surface area contributed by atoms with Gasteiger partial charge in [0.25, 0.3) is 0 Å². The first kappa shape index (κ1) is 22.0. The molecule has 0 saturated carbocycles. The molecule has 0 spiro atoms. The maximum Gasteiger partial charge on any atom is 0.460 e. The van der Waals surface area contributed by atoms with Gasteiger partial charge in [-0.05, 0) is 0 Å². The van der Waals surface area contributed by atoms with Gasteiger partial charge in [-0.2, -0.15) is 65.5 Å². The van der Waals surface area contributed by atoms with Gasteiger partial charge in [0.15, 0.2) is 0 Å². The fourth-order valence-electron chi connectivity index (χ4n) is 0.908. The lowest BCUT2D eigenvalue weighted by atomic mass is 9.98. The van der Waals surface area contributed by atoms with Crippen LogP contribution in [-0.2, 0) is 10.2 Å². The molecule has 0 unspecified atom stereocenters. The van der Waals surface area contributed by atoms with Gasteiger partial charge in [0.2, 0.25) is 0 Å². The molecule has 0 amide bonds. The van der Waals surface area contributed by atoms with Crippen LogP contribution in [0.15, 0.2) is 0 Å². The summed E-state index contributed by atoms with van der Waals surface area (Å²) in [6.07, 6.45) is -7.63. The van der Waals surface area contributed by atoms with Crippen LogP contribution in [-0.4, -0.2) is 43.5 Å². The number of hydrogen-bond acceptors (Lipinski definition) is 2. The van der Waals surface area contributed by atoms with Crippen LogP contribution in [0, 0.1) is 0 Å². The van der Waals surface area contributed by atoms with Gasteiger partial charge in [-0.15, -0.1) is 0 Å². The Bertz CT molecular complexity index is 556. The van der Waals surface area contributed by atoms with Crippen LogP contribution < -0.4 is 0 Å². The second-order valence-electron chi connectivity index (χ2n) is 3.75. The summed E-state index contributed by atoms with van der Waals surface area (Å²) in [7, 11) is -8.11. The molecule has 0 heterocycles. The fourth-order valence-corrected chi connectivity index (χ4v) is 1.34. The van der Waals surface area contributed by atoms with Crippen molar-refractivity contribution in [2.75, 3.05) is 0 Å². The first-order valence-electron chi connectivity index (χ1n) is 4.40. The highest BCUT2D eigenvalue weighted by Crippen LogP contribution is 2.61. The van der Waals surface area contributed by atoms with E-state index in [4.69, 9.17) is 0 Å². The maximum atomic E-state index is 12.6. The quantitative estimate of drug-likeness (QED) is 0.515. The third-order valence-corrected chi connectivity index (χ3v) is 3.08. The van der Waals surface area contributed by atoms with Crippen LogP contribution >= 0.6 is 0 Å². The predicted molar refractivity (Wildman–Crippen MR) is 40.8 cm³/mol. The molecule has 0 bridgehead atoms. The monoisotopic (exact) mass is 402 g/mol. The molecule has 0 aliphatic heterocycles. The first-order valence-corrected chi connectivity index (χ1v) is 5.78. The zero-order chi connectivity index (χ0) is 19.5. The lowest BCUT2D eigenvalue weighted by Crippen LogP contribution is -2.70. The Kier molecular flexibility index (Phi) is 4.76. The zero-order valence-electron chi connectivity index (χ0n) is 9.52. The minimum Gasteiger partial charge on any atom is -0.192 e. The van der Waals surface area contributed by atoms with Gasteiger partial charge in [0.1, 0.15) is 0 Å². The Hall–Kier alpha value is -1.03. The molecule has 17 heteroatoms. The van der Waals surface area contributed by atoms with Gasteiger partial charge in [0, 0.05) is 0 Å². The molecule has 0 atom stereocenters. The zero-order valence-corrected chi connectivity index (χ0v) is 10.3. The molecule has 23 heavy (non-hydrogen) atoms. The average Bonchev–Trinajstić information content (AvgIpc) is 2.24.